The van der Waals surface area contributed by atoms with Crippen molar-refractivity contribution < 1.29 is 27.2 Å². The van der Waals surface area contributed by atoms with Crippen LogP contribution in [0, 0.1) is 0 Å². The number of ether oxygens (including phenoxy) is 1. The molecule has 150 valence electrons. The van der Waals surface area contributed by atoms with Gasteiger partial charge in [-0.25, -0.2) is 0 Å². The van der Waals surface area contributed by atoms with E-state index in [-0.39, 0.29) is 17.8 Å². The fourth-order valence-electron chi connectivity index (χ4n) is 2.88. The summed E-state index contributed by atoms with van der Waals surface area (Å²) in [4.78, 5) is 0. The van der Waals surface area contributed by atoms with Gasteiger partial charge in [-0.05, 0) is 50.9 Å². The Hall–Kier alpha value is -1.70. The first-order valence-electron chi connectivity index (χ1n) is 8.84. The van der Waals surface area contributed by atoms with Gasteiger partial charge in [-0.3, -0.25) is 0 Å². The molecule has 0 atom stereocenters. The average Bonchev–Trinajstić information content (AvgIpc) is 2.80. The molecule has 0 N–H and O–H groups in total. The van der Waals surface area contributed by atoms with Crippen LogP contribution in [0.4, 0.5) is 13.2 Å². The second-order valence-corrected chi connectivity index (χ2v) is 8.14. The van der Waals surface area contributed by atoms with E-state index in [1.54, 1.807) is 27.7 Å². The van der Waals surface area contributed by atoms with Gasteiger partial charge in [0.25, 0.3) is 0 Å². The normalized spacial score (nSPS) is 18.4. The molecule has 3 rings (SSSR count). The Morgan fingerprint density at radius 3 is 2.11 bits per heavy atom. The molecule has 3 nitrogen and oxygen atoms in total. The lowest BCUT2D eigenvalue weighted by Gasteiger charge is -2.32. The molecule has 0 unspecified atom stereocenters. The van der Waals surface area contributed by atoms with Crippen LogP contribution in [0.5, 0.6) is 5.75 Å². The summed E-state index contributed by atoms with van der Waals surface area (Å²) in [5.74, 6) is 0.214. The molecule has 2 aromatic carbocycles. The number of benzene rings is 2. The Morgan fingerprint density at radius 2 is 1.57 bits per heavy atom. The van der Waals surface area contributed by atoms with Gasteiger partial charge in [-0.15, -0.1) is 0 Å². The highest BCUT2D eigenvalue weighted by molar-refractivity contribution is 6.63. The third-order valence-corrected chi connectivity index (χ3v) is 5.43. The minimum Gasteiger partial charge on any atom is -0.489 e. The maximum Gasteiger partial charge on any atom is 0.495 e. The first-order chi connectivity index (χ1) is 12.9. The van der Waals surface area contributed by atoms with E-state index in [1.165, 1.54) is 12.1 Å². The zero-order valence-electron chi connectivity index (χ0n) is 16.1. The number of alkyl halides is 3. The zero-order chi connectivity index (χ0) is 20.7. The maximum absolute atomic E-state index is 13.7. The number of rotatable bonds is 4. The van der Waals surface area contributed by atoms with Crippen LogP contribution in [0.15, 0.2) is 42.5 Å². The molecule has 0 amide bonds. The highest BCUT2D eigenvalue weighted by atomic mass is 35.5. The minimum atomic E-state index is -4.66. The molecule has 0 radical (unpaired) electrons. The molecule has 1 aliphatic heterocycles. The maximum atomic E-state index is 13.7. The van der Waals surface area contributed by atoms with Crippen LogP contribution in [0.2, 0.25) is 5.02 Å². The fourth-order valence-corrected chi connectivity index (χ4v) is 3.21. The predicted molar refractivity (Wildman–Crippen MR) is 103 cm³/mol. The molecular formula is C20H21BClF3O3. The summed E-state index contributed by atoms with van der Waals surface area (Å²) in [7, 11) is -1.21. The van der Waals surface area contributed by atoms with Crippen LogP contribution >= 0.6 is 11.6 Å². The number of hydrogen-bond acceptors (Lipinski definition) is 3. The molecule has 2 aromatic rings. The Kier molecular flexibility index (Phi) is 5.47. The Bertz CT molecular complexity index is 838. The lowest BCUT2D eigenvalue weighted by atomic mass is 9.75. The molecule has 1 fully saturated rings. The highest BCUT2D eigenvalue weighted by Gasteiger charge is 2.54. The second-order valence-electron chi connectivity index (χ2n) is 7.73. The van der Waals surface area contributed by atoms with Crippen LogP contribution in [0.3, 0.4) is 0 Å². The summed E-state index contributed by atoms with van der Waals surface area (Å²) >= 11 is 6.01. The third kappa shape index (κ3) is 4.16. The highest BCUT2D eigenvalue weighted by Crippen LogP contribution is 2.40. The summed E-state index contributed by atoms with van der Waals surface area (Å²) in [6.07, 6.45) is -4.66. The van der Waals surface area contributed by atoms with Crippen LogP contribution in [-0.4, -0.2) is 18.3 Å². The van der Waals surface area contributed by atoms with Crippen molar-refractivity contribution in [1.29, 1.82) is 0 Å². The van der Waals surface area contributed by atoms with Gasteiger partial charge in [-0.1, -0.05) is 41.9 Å². The van der Waals surface area contributed by atoms with Crippen molar-refractivity contribution in [2.45, 2.75) is 51.7 Å². The number of hydrogen-bond donors (Lipinski definition) is 0. The smallest absolute Gasteiger partial charge is 0.489 e. The van der Waals surface area contributed by atoms with Gasteiger partial charge in [0.1, 0.15) is 12.4 Å². The summed E-state index contributed by atoms with van der Waals surface area (Å²) in [6.45, 7) is 7.30. The fraction of sp³-hybridized carbons (Fsp3) is 0.400. The van der Waals surface area contributed by atoms with E-state index in [1.807, 2.05) is 30.3 Å². The molecule has 0 bridgehead atoms. The summed E-state index contributed by atoms with van der Waals surface area (Å²) < 4.78 is 58.4. The lowest BCUT2D eigenvalue weighted by Crippen LogP contribution is -2.41. The van der Waals surface area contributed by atoms with Gasteiger partial charge in [0.15, 0.2) is 0 Å². The van der Waals surface area contributed by atoms with Crippen molar-refractivity contribution >= 4 is 24.2 Å². The van der Waals surface area contributed by atoms with Crippen molar-refractivity contribution in [1.82, 2.24) is 0 Å². The molecule has 0 aromatic heterocycles. The molecule has 0 spiro atoms. The van der Waals surface area contributed by atoms with E-state index in [0.29, 0.717) is 0 Å². The van der Waals surface area contributed by atoms with E-state index in [0.717, 1.165) is 5.56 Å². The van der Waals surface area contributed by atoms with E-state index in [9.17, 15) is 13.2 Å². The molecule has 8 heteroatoms. The largest absolute Gasteiger partial charge is 0.495 e. The Morgan fingerprint density at radius 1 is 1.00 bits per heavy atom. The van der Waals surface area contributed by atoms with Crippen molar-refractivity contribution in [3.05, 3.63) is 58.6 Å². The van der Waals surface area contributed by atoms with Crippen LogP contribution in [-0.2, 0) is 22.1 Å². The molecular weight excluding hydrogens is 391 g/mol. The lowest BCUT2D eigenvalue weighted by molar-refractivity contribution is -0.136. The van der Waals surface area contributed by atoms with Crippen molar-refractivity contribution in [3.8, 4) is 5.75 Å². The van der Waals surface area contributed by atoms with Crippen molar-refractivity contribution in [3.63, 3.8) is 0 Å². The summed E-state index contributed by atoms with van der Waals surface area (Å²) in [6, 6.07) is 11.8. The van der Waals surface area contributed by atoms with Gasteiger partial charge in [-0.2, -0.15) is 13.2 Å². The monoisotopic (exact) mass is 412 g/mol. The Balaban J connectivity index is 1.98. The summed E-state index contributed by atoms with van der Waals surface area (Å²) in [5, 5.41) is -0.456. The van der Waals surface area contributed by atoms with Gasteiger partial charge < -0.3 is 14.0 Å². The summed E-state index contributed by atoms with van der Waals surface area (Å²) in [5.41, 5.74) is -1.85. The minimum absolute atomic E-state index is 0.193. The predicted octanol–water partition coefficient (Wildman–Crippen LogP) is 5.24. The first-order valence-corrected chi connectivity index (χ1v) is 9.21. The topological polar surface area (TPSA) is 27.7 Å². The van der Waals surface area contributed by atoms with E-state index in [4.69, 9.17) is 25.6 Å². The second kappa shape index (κ2) is 7.28. The third-order valence-electron chi connectivity index (χ3n) is 5.13. The van der Waals surface area contributed by atoms with Crippen LogP contribution < -0.4 is 10.2 Å². The van der Waals surface area contributed by atoms with E-state index >= 15 is 0 Å². The zero-order valence-corrected chi connectivity index (χ0v) is 16.8. The van der Waals surface area contributed by atoms with Gasteiger partial charge >= 0.3 is 13.3 Å². The van der Waals surface area contributed by atoms with Crippen molar-refractivity contribution in [2.24, 2.45) is 0 Å². The van der Waals surface area contributed by atoms with Crippen LogP contribution in [0.1, 0.15) is 38.8 Å². The molecule has 28 heavy (non-hydrogen) atoms. The molecule has 0 saturated carbocycles. The first kappa shape index (κ1) is 21.0. The van der Waals surface area contributed by atoms with E-state index < -0.39 is 35.1 Å². The van der Waals surface area contributed by atoms with Crippen LogP contribution in [0.25, 0.3) is 0 Å². The van der Waals surface area contributed by atoms with Crippen molar-refractivity contribution in [2.75, 3.05) is 0 Å². The van der Waals surface area contributed by atoms with E-state index in [2.05, 4.69) is 0 Å². The molecule has 1 aliphatic rings. The van der Waals surface area contributed by atoms with Gasteiger partial charge in [0.2, 0.25) is 0 Å². The average molecular weight is 413 g/mol. The quantitative estimate of drug-likeness (QED) is 0.643. The molecule has 1 heterocycles. The SMILES string of the molecule is CC1(C)OB(c2cc(OCc3ccccc3)cc(Cl)c2C(F)(F)F)OC1(C)C. The van der Waals surface area contributed by atoms with Gasteiger partial charge in [0.05, 0.1) is 21.8 Å². The molecule has 1 saturated heterocycles. The van der Waals surface area contributed by atoms with Gasteiger partial charge in [0, 0.05) is 0 Å². The number of halogens is 4. The standard InChI is InChI=1S/C20H21BClF3O3/c1-18(2)19(3,4)28-21(27-18)15-10-14(11-16(22)17(15)20(23,24)25)26-12-13-8-6-5-7-9-13/h5-11H,12H2,1-4H3. The Labute approximate surface area is 167 Å². The molecule has 0 aliphatic carbocycles.